The Labute approximate surface area is 498 Å². The Kier molecular flexibility index (Phi) is 26.2. The normalized spacial score (nSPS) is 14.2. The second-order valence-electron chi connectivity index (χ2n) is 19.5. The van der Waals surface area contributed by atoms with Crippen LogP contribution in [-0.2, 0) is 42.7 Å². The Morgan fingerprint density at radius 2 is 0.816 bits per heavy atom. The number of ether oxygens (including phenoxy) is 2. The SMILES string of the molecule is COc1ccccc1N1CCN(CCCNC(=O)c2cccc3c(=O)c(C)c(C(F)(F)F)oc23)CC1.COc1ccccc1N1CCN(CCCNC(=O)c2cccc3c(=O)c(C)c(C(F)(F)F)oc23)CC1.CS(=O)(=O)[O-].CS(=O)(=O)[O-].CS(=O)(=O)[O-]. The number of para-hydroxylation sites is 6. The molecular weight excluding hydrogens is 1230 g/mol. The van der Waals surface area contributed by atoms with E-state index in [4.69, 9.17) is 57.2 Å². The summed E-state index contributed by atoms with van der Waals surface area (Å²) >= 11 is 0. The molecule has 8 rings (SSSR count). The van der Waals surface area contributed by atoms with E-state index in [2.05, 4.69) is 30.2 Å². The van der Waals surface area contributed by atoms with Gasteiger partial charge in [0, 0.05) is 95.3 Å². The minimum Gasteiger partial charge on any atom is -0.748 e. The van der Waals surface area contributed by atoms with E-state index in [1.807, 2.05) is 48.5 Å². The molecule has 4 aromatic carbocycles. The predicted octanol–water partition coefficient (Wildman–Crippen LogP) is 5.63. The van der Waals surface area contributed by atoms with Crippen molar-refractivity contribution in [3.63, 3.8) is 0 Å². The Morgan fingerprint density at radius 3 is 1.10 bits per heavy atom. The van der Waals surface area contributed by atoms with Gasteiger partial charge in [-0.3, -0.25) is 29.0 Å². The number of hydrogen-bond donors (Lipinski definition) is 2. The Hall–Kier alpha value is -7.33. The van der Waals surface area contributed by atoms with Gasteiger partial charge in [-0.05, 0) is 88.3 Å². The lowest BCUT2D eigenvalue weighted by Gasteiger charge is -2.36. The number of hydrogen-bond acceptors (Lipinski definition) is 21. The first kappa shape index (κ1) is 72.1. The molecule has 6 aromatic rings. The first-order chi connectivity index (χ1) is 40.4. The molecule has 32 heteroatoms. The van der Waals surface area contributed by atoms with Crippen LogP contribution in [-0.4, -0.2) is 172 Å². The predicted molar refractivity (Wildman–Crippen MR) is 309 cm³/mol. The third-order valence-corrected chi connectivity index (χ3v) is 12.8. The monoisotopic (exact) mass is 1290 g/mol. The third kappa shape index (κ3) is 23.4. The maximum Gasteiger partial charge on any atom is 0.449 e. The molecule has 0 bridgehead atoms. The van der Waals surface area contributed by atoms with Gasteiger partial charge in [0.25, 0.3) is 11.8 Å². The van der Waals surface area contributed by atoms with E-state index in [9.17, 15) is 45.5 Å². The van der Waals surface area contributed by atoms with Crippen LogP contribution in [0, 0.1) is 13.8 Å². The van der Waals surface area contributed by atoms with Crippen LogP contribution >= 0.6 is 0 Å². The average Bonchev–Trinajstić information content (AvgIpc) is 0.899. The highest BCUT2D eigenvalue weighted by Crippen LogP contribution is 2.35. The summed E-state index contributed by atoms with van der Waals surface area (Å²) in [5, 5.41) is 5.36. The Morgan fingerprint density at radius 1 is 0.517 bits per heavy atom. The highest BCUT2D eigenvalue weighted by atomic mass is 32.2. The summed E-state index contributed by atoms with van der Waals surface area (Å²) in [6.07, 6.45) is -6.52. The molecule has 2 aromatic heterocycles. The largest absolute Gasteiger partial charge is 0.748 e. The van der Waals surface area contributed by atoms with Crippen molar-refractivity contribution in [2.24, 2.45) is 0 Å². The Balaban J connectivity index is 0.000000302. The lowest BCUT2D eigenvalue weighted by molar-refractivity contribution is -0.154. The van der Waals surface area contributed by atoms with Crippen LogP contribution in [0.3, 0.4) is 0 Å². The Bertz CT molecular complexity index is 3500. The number of amides is 2. The maximum absolute atomic E-state index is 13.3. The smallest absolute Gasteiger partial charge is 0.449 e. The first-order valence-corrected chi connectivity index (χ1v) is 31.6. The van der Waals surface area contributed by atoms with E-state index in [0.717, 1.165) is 102 Å². The molecule has 2 saturated heterocycles. The van der Waals surface area contributed by atoms with Crippen LogP contribution in [0.4, 0.5) is 37.7 Å². The lowest BCUT2D eigenvalue weighted by atomic mass is 10.1. The minimum atomic E-state index is -4.84. The van der Waals surface area contributed by atoms with Crippen LogP contribution in [0.1, 0.15) is 56.2 Å². The second-order valence-corrected chi connectivity index (χ2v) is 23.7. The summed E-state index contributed by atoms with van der Waals surface area (Å²) < 4.78 is 183. The molecule has 2 aliphatic heterocycles. The number of fused-ring (bicyclic) bond motifs is 2. The average molecular weight is 1290 g/mol. The van der Waals surface area contributed by atoms with Gasteiger partial charge in [0.15, 0.2) is 22.0 Å². The van der Waals surface area contributed by atoms with Gasteiger partial charge in [-0.1, -0.05) is 36.4 Å². The zero-order valence-corrected chi connectivity index (χ0v) is 50.7. The number of carbonyl (C=O) groups is 2. The summed E-state index contributed by atoms with van der Waals surface area (Å²) in [7, 11) is -8.43. The fourth-order valence-electron chi connectivity index (χ4n) is 8.92. The van der Waals surface area contributed by atoms with E-state index in [0.29, 0.717) is 44.7 Å². The number of nitrogens with one attached hydrogen (secondary N) is 2. The molecule has 0 saturated carbocycles. The molecule has 2 fully saturated rings. The lowest BCUT2D eigenvalue weighted by Crippen LogP contribution is -2.47. The second kappa shape index (κ2) is 31.5. The summed E-state index contributed by atoms with van der Waals surface area (Å²) in [5.74, 6) is -2.24. The number of alkyl halides is 6. The van der Waals surface area contributed by atoms with E-state index in [1.54, 1.807) is 14.2 Å². The minimum absolute atomic E-state index is 0.0546. The van der Waals surface area contributed by atoms with Crippen molar-refractivity contribution in [1.82, 2.24) is 20.4 Å². The molecule has 0 atom stereocenters. The number of piperazine rings is 2. The van der Waals surface area contributed by atoms with Crippen molar-refractivity contribution in [3.05, 3.63) is 139 Å². The summed E-state index contributed by atoms with van der Waals surface area (Å²) in [4.78, 5) is 59.5. The maximum atomic E-state index is 13.3. The van der Waals surface area contributed by atoms with Gasteiger partial charge >= 0.3 is 12.4 Å². The molecular formula is C55H65F6N6O17S3-3. The standard InChI is InChI=1S/2C26H28F3N3O4.3CH4O3S/c2*1-17-22(33)18-7-5-8-19(23(18)36-24(17)26(27,28)29)25(34)30-11-6-12-31-13-15-32(16-14-31)20-9-3-4-10-21(20)35-2;3*1-5(2,3)4/h2*3-5,7-10H,6,11-16H2,1-2H3,(H,30,34);3*1H3,(H,2,3,4)/p-3. The molecule has 2 N–H and O–H groups in total. The van der Waals surface area contributed by atoms with Crippen molar-refractivity contribution < 1.29 is 93.2 Å². The first-order valence-electron chi connectivity index (χ1n) is 26.2. The van der Waals surface area contributed by atoms with Gasteiger partial charge in [0.2, 0.25) is 11.5 Å². The quantitative estimate of drug-likeness (QED) is 0.0758. The van der Waals surface area contributed by atoms with Crippen molar-refractivity contribution >= 4 is 75.5 Å². The number of methoxy groups -OCH3 is 2. The van der Waals surface area contributed by atoms with Gasteiger partial charge in [0.05, 0.1) is 77.8 Å². The molecule has 23 nitrogen and oxygen atoms in total. The highest BCUT2D eigenvalue weighted by Gasteiger charge is 2.39. The van der Waals surface area contributed by atoms with Gasteiger partial charge in [-0.25, -0.2) is 25.3 Å². The fourth-order valence-corrected chi connectivity index (χ4v) is 8.92. The zero-order chi connectivity index (χ0) is 65.2. The molecule has 87 heavy (non-hydrogen) atoms. The van der Waals surface area contributed by atoms with Gasteiger partial charge in [-0.2, -0.15) is 26.3 Å². The molecule has 2 amide bonds. The number of rotatable bonds is 14. The van der Waals surface area contributed by atoms with Gasteiger partial charge in [0.1, 0.15) is 11.5 Å². The number of halogens is 6. The molecule has 0 aliphatic carbocycles. The van der Waals surface area contributed by atoms with Crippen LogP contribution in [0.15, 0.2) is 103 Å². The number of carbonyl (C=O) groups excluding carboxylic acids is 2. The molecule has 2 aliphatic rings. The molecule has 0 unspecified atom stereocenters. The van der Waals surface area contributed by atoms with Gasteiger partial charge in [-0.15, -0.1) is 0 Å². The van der Waals surface area contributed by atoms with Gasteiger partial charge < -0.3 is 52.4 Å². The fraction of sp³-hybridized carbons (Fsp3) is 0.418. The summed E-state index contributed by atoms with van der Waals surface area (Å²) in [6, 6.07) is 24.2. The zero-order valence-electron chi connectivity index (χ0n) is 48.2. The number of anilines is 2. The van der Waals surface area contributed by atoms with E-state index < -0.39 is 88.0 Å². The van der Waals surface area contributed by atoms with Crippen LogP contribution in [0.5, 0.6) is 11.5 Å². The van der Waals surface area contributed by atoms with Crippen molar-refractivity contribution in [1.29, 1.82) is 0 Å². The summed E-state index contributed by atoms with van der Waals surface area (Å²) in [6.45, 7) is 11.2. The molecule has 0 radical (unpaired) electrons. The third-order valence-electron chi connectivity index (χ3n) is 12.8. The molecule has 480 valence electrons. The van der Waals surface area contributed by atoms with Crippen molar-refractivity contribution in [2.45, 2.75) is 39.0 Å². The summed E-state index contributed by atoms with van der Waals surface area (Å²) in [5.41, 5.74) is -1.43. The van der Waals surface area contributed by atoms with Crippen LogP contribution in [0.2, 0.25) is 0 Å². The van der Waals surface area contributed by atoms with E-state index >= 15 is 0 Å². The topological polar surface area (TPSA) is 322 Å². The van der Waals surface area contributed by atoms with Crippen LogP contribution in [0.25, 0.3) is 21.9 Å². The van der Waals surface area contributed by atoms with Crippen molar-refractivity contribution in [3.8, 4) is 11.5 Å². The number of nitrogens with zero attached hydrogens (tertiary/aromatic N) is 4. The highest BCUT2D eigenvalue weighted by molar-refractivity contribution is 7.85. The molecule has 0 spiro atoms. The molecule has 4 heterocycles. The van der Waals surface area contributed by atoms with E-state index in [1.165, 1.54) is 36.4 Å². The van der Waals surface area contributed by atoms with Crippen LogP contribution < -0.4 is 40.8 Å². The van der Waals surface area contributed by atoms with Crippen molar-refractivity contribution in [2.75, 3.05) is 121 Å². The van der Waals surface area contributed by atoms with E-state index in [-0.39, 0.29) is 33.1 Å². The number of benzene rings is 4.